The first-order chi connectivity index (χ1) is 8.92. The molecule has 0 aliphatic heterocycles. The topological polar surface area (TPSA) is 72.2 Å². The van der Waals surface area contributed by atoms with Crippen molar-refractivity contribution in [3.05, 3.63) is 44.6 Å². The zero-order valence-corrected chi connectivity index (χ0v) is 13.4. The second kappa shape index (κ2) is 5.62. The van der Waals surface area contributed by atoms with Crippen molar-refractivity contribution in [2.45, 2.75) is 18.4 Å². The second-order valence-corrected chi connectivity index (χ2v) is 7.61. The highest BCUT2D eigenvalue weighted by Gasteiger charge is 2.17. The van der Waals surface area contributed by atoms with Gasteiger partial charge in [0.05, 0.1) is 10.6 Å². The van der Waals surface area contributed by atoms with E-state index in [0.29, 0.717) is 12.2 Å². The third-order valence-electron chi connectivity index (χ3n) is 2.57. The molecule has 102 valence electrons. The Balaban J connectivity index is 2.30. The van der Waals surface area contributed by atoms with Gasteiger partial charge in [-0.15, -0.1) is 11.3 Å². The van der Waals surface area contributed by atoms with E-state index in [2.05, 4.69) is 20.7 Å². The van der Waals surface area contributed by atoms with Crippen LogP contribution in [0.2, 0.25) is 0 Å². The van der Waals surface area contributed by atoms with Crippen molar-refractivity contribution in [3.63, 3.8) is 0 Å². The van der Waals surface area contributed by atoms with Gasteiger partial charge in [0.25, 0.3) is 10.0 Å². The Hall–Kier alpha value is -0.890. The van der Waals surface area contributed by atoms with E-state index in [1.165, 1.54) is 11.3 Å². The van der Waals surface area contributed by atoms with Crippen LogP contribution in [0.1, 0.15) is 10.4 Å². The van der Waals surface area contributed by atoms with Crippen LogP contribution in [0, 0.1) is 6.92 Å². The van der Waals surface area contributed by atoms with Crippen molar-refractivity contribution < 1.29 is 8.42 Å². The zero-order valence-electron chi connectivity index (χ0n) is 10.2. The van der Waals surface area contributed by atoms with Crippen LogP contribution in [0.3, 0.4) is 0 Å². The number of aryl methyl sites for hydroxylation is 1. The van der Waals surface area contributed by atoms with Gasteiger partial charge in [-0.25, -0.2) is 8.42 Å². The SMILES string of the molecule is Cc1cc(Br)ccc1NS(=O)(=O)c1csc(CN)c1. The van der Waals surface area contributed by atoms with Gasteiger partial charge in [-0.1, -0.05) is 15.9 Å². The molecule has 0 spiro atoms. The van der Waals surface area contributed by atoms with Gasteiger partial charge in [-0.3, -0.25) is 4.72 Å². The predicted molar refractivity (Wildman–Crippen MR) is 81.9 cm³/mol. The number of halogens is 1. The summed E-state index contributed by atoms with van der Waals surface area (Å²) in [5.41, 5.74) is 6.92. The molecule has 0 aliphatic rings. The van der Waals surface area contributed by atoms with E-state index in [-0.39, 0.29) is 4.90 Å². The molecular formula is C12H13BrN2O2S2. The Bertz CT molecular complexity index is 696. The molecule has 2 rings (SSSR count). The van der Waals surface area contributed by atoms with Gasteiger partial charge in [0.1, 0.15) is 0 Å². The fourth-order valence-electron chi connectivity index (χ4n) is 1.55. The lowest BCUT2D eigenvalue weighted by atomic mass is 10.2. The van der Waals surface area contributed by atoms with Crippen molar-refractivity contribution in [1.82, 2.24) is 0 Å². The van der Waals surface area contributed by atoms with Gasteiger partial charge < -0.3 is 5.73 Å². The summed E-state index contributed by atoms with van der Waals surface area (Å²) in [6.45, 7) is 2.19. The van der Waals surface area contributed by atoms with Gasteiger partial charge in [-0.2, -0.15) is 0 Å². The van der Waals surface area contributed by atoms with Crippen molar-refractivity contribution in [2.24, 2.45) is 5.73 Å². The molecule has 0 aliphatic carbocycles. The normalized spacial score (nSPS) is 11.5. The molecule has 0 saturated carbocycles. The summed E-state index contributed by atoms with van der Waals surface area (Å²) >= 11 is 4.69. The molecule has 0 radical (unpaired) electrons. The minimum absolute atomic E-state index is 0.250. The second-order valence-electron chi connectivity index (χ2n) is 4.02. The fourth-order valence-corrected chi connectivity index (χ4v) is 4.32. The summed E-state index contributed by atoms with van der Waals surface area (Å²) in [6.07, 6.45) is 0. The highest BCUT2D eigenvalue weighted by atomic mass is 79.9. The third kappa shape index (κ3) is 3.36. The lowest BCUT2D eigenvalue weighted by molar-refractivity contribution is 0.601. The lowest BCUT2D eigenvalue weighted by Crippen LogP contribution is -2.13. The number of benzene rings is 1. The minimum Gasteiger partial charge on any atom is -0.326 e. The van der Waals surface area contributed by atoms with E-state index in [9.17, 15) is 8.42 Å². The van der Waals surface area contributed by atoms with Crippen molar-refractivity contribution in [2.75, 3.05) is 4.72 Å². The monoisotopic (exact) mass is 360 g/mol. The number of sulfonamides is 1. The lowest BCUT2D eigenvalue weighted by Gasteiger charge is -2.09. The average Bonchev–Trinajstić information content (AvgIpc) is 2.82. The molecule has 0 unspecified atom stereocenters. The van der Waals surface area contributed by atoms with Crippen LogP contribution in [-0.4, -0.2) is 8.42 Å². The summed E-state index contributed by atoms with van der Waals surface area (Å²) in [5.74, 6) is 0. The quantitative estimate of drug-likeness (QED) is 0.879. The highest BCUT2D eigenvalue weighted by molar-refractivity contribution is 9.10. The van der Waals surface area contributed by atoms with Crippen molar-refractivity contribution >= 4 is 43.0 Å². The van der Waals surface area contributed by atoms with E-state index >= 15 is 0 Å². The van der Waals surface area contributed by atoms with Gasteiger partial charge in [-0.05, 0) is 36.8 Å². The molecule has 1 heterocycles. The van der Waals surface area contributed by atoms with Gasteiger partial charge in [0, 0.05) is 21.3 Å². The smallest absolute Gasteiger partial charge is 0.262 e. The van der Waals surface area contributed by atoms with E-state index in [1.54, 1.807) is 23.6 Å². The number of nitrogens with two attached hydrogens (primary N) is 1. The Kier molecular flexibility index (Phi) is 4.29. The van der Waals surface area contributed by atoms with E-state index in [4.69, 9.17) is 5.73 Å². The van der Waals surface area contributed by atoms with Gasteiger partial charge in [0.15, 0.2) is 0 Å². The minimum atomic E-state index is -3.55. The molecule has 19 heavy (non-hydrogen) atoms. The molecule has 7 heteroatoms. The molecule has 0 fully saturated rings. The number of thiophene rings is 1. The third-order valence-corrected chi connectivity index (χ3v) is 5.52. The first-order valence-electron chi connectivity index (χ1n) is 5.49. The molecule has 0 atom stereocenters. The average molecular weight is 361 g/mol. The fraction of sp³-hybridized carbons (Fsp3) is 0.167. The molecule has 4 nitrogen and oxygen atoms in total. The van der Waals surface area contributed by atoms with E-state index < -0.39 is 10.0 Å². The highest BCUT2D eigenvalue weighted by Crippen LogP contribution is 2.25. The zero-order chi connectivity index (χ0) is 14.0. The molecule has 0 bridgehead atoms. The van der Waals surface area contributed by atoms with Crippen molar-refractivity contribution in [3.8, 4) is 0 Å². The van der Waals surface area contributed by atoms with Crippen LogP contribution in [0.25, 0.3) is 0 Å². The molecule has 0 saturated heterocycles. The summed E-state index contributed by atoms with van der Waals surface area (Å²) in [5, 5.41) is 1.60. The maximum atomic E-state index is 12.2. The number of anilines is 1. The summed E-state index contributed by atoms with van der Waals surface area (Å²) in [7, 11) is -3.55. The number of hydrogen-bond donors (Lipinski definition) is 2. The van der Waals surface area contributed by atoms with Crippen molar-refractivity contribution in [1.29, 1.82) is 0 Å². The van der Waals surface area contributed by atoms with E-state index in [0.717, 1.165) is 14.9 Å². The van der Waals surface area contributed by atoms with Crippen LogP contribution in [0.4, 0.5) is 5.69 Å². The maximum Gasteiger partial charge on any atom is 0.262 e. The van der Waals surface area contributed by atoms with Crippen LogP contribution in [-0.2, 0) is 16.6 Å². The Morgan fingerprint density at radius 3 is 2.68 bits per heavy atom. The number of hydrogen-bond acceptors (Lipinski definition) is 4. The Morgan fingerprint density at radius 1 is 1.37 bits per heavy atom. The van der Waals surface area contributed by atoms with Crippen LogP contribution in [0.5, 0.6) is 0 Å². The largest absolute Gasteiger partial charge is 0.326 e. The first-order valence-corrected chi connectivity index (χ1v) is 8.64. The van der Waals surface area contributed by atoms with E-state index in [1.807, 2.05) is 13.0 Å². The molecule has 2 aromatic rings. The predicted octanol–water partition coefficient (Wildman–Crippen LogP) is 3.08. The van der Waals surface area contributed by atoms with Gasteiger partial charge in [0.2, 0.25) is 0 Å². The first kappa shape index (κ1) is 14.5. The van der Waals surface area contributed by atoms with Crippen LogP contribution in [0.15, 0.2) is 39.0 Å². The summed E-state index contributed by atoms with van der Waals surface area (Å²) < 4.78 is 27.9. The number of nitrogens with one attached hydrogen (secondary N) is 1. The maximum absolute atomic E-state index is 12.2. The molecular weight excluding hydrogens is 348 g/mol. The van der Waals surface area contributed by atoms with Crippen LogP contribution >= 0.6 is 27.3 Å². The Morgan fingerprint density at radius 2 is 2.11 bits per heavy atom. The molecule has 1 aromatic carbocycles. The standard InChI is InChI=1S/C12H13BrN2O2S2/c1-8-4-9(13)2-3-12(8)15-19(16,17)11-5-10(6-14)18-7-11/h2-5,7,15H,6,14H2,1H3. The molecule has 1 aromatic heterocycles. The van der Waals surface area contributed by atoms with Crippen LogP contribution < -0.4 is 10.5 Å². The molecule has 0 amide bonds. The Labute approximate surface area is 124 Å². The summed E-state index contributed by atoms with van der Waals surface area (Å²) in [4.78, 5) is 1.09. The summed E-state index contributed by atoms with van der Waals surface area (Å²) in [6, 6.07) is 6.98. The van der Waals surface area contributed by atoms with Gasteiger partial charge >= 0.3 is 0 Å². The number of rotatable bonds is 4. The molecule has 3 N–H and O–H groups in total.